The van der Waals surface area contributed by atoms with Crippen molar-refractivity contribution in [1.82, 2.24) is 0 Å². The van der Waals surface area contributed by atoms with Gasteiger partial charge in [-0.2, -0.15) is 0 Å². The third-order valence-corrected chi connectivity index (χ3v) is 2.89. The lowest BCUT2D eigenvalue weighted by atomic mass is 10.3. The zero-order valence-electron chi connectivity index (χ0n) is 9.84. The van der Waals surface area contributed by atoms with Crippen molar-refractivity contribution in [2.75, 3.05) is 24.2 Å². The van der Waals surface area contributed by atoms with Crippen LogP contribution in [-0.4, -0.2) is 27.5 Å². The van der Waals surface area contributed by atoms with E-state index in [2.05, 4.69) is 5.32 Å². The van der Waals surface area contributed by atoms with E-state index < -0.39 is 16.0 Å². The fourth-order valence-electron chi connectivity index (χ4n) is 1.27. The summed E-state index contributed by atoms with van der Waals surface area (Å²) in [5.41, 5.74) is 6.16. The number of nitrogens with one attached hydrogen (secondary N) is 1. The van der Waals surface area contributed by atoms with Crippen molar-refractivity contribution in [3.8, 4) is 0 Å². The molecule has 0 aliphatic heterocycles. The first-order valence-electron chi connectivity index (χ1n) is 5.16. The van der Waals surface area contributed by atoms with Crippen LogP contribution in [0.3, 0.4) is 0 Å². The first-order chi connectivity index (χ1) is 8.32. The summed E-state index contributed by atoms with van der Waals surface area (Å²) >= 11 is 0. The van der Waals surface area contributed by atoms with Crippen LogP contribution in [0.1, 0.15) is 6.92 Å². The number of anilines is 2. The molecule has 5 N–H and O–H groups in total. The van der Waals surface area contributed by atoms with Crippen LogP contribution in [0, 0.1) is 0 Å². The van der Waals surface area contributed by atoms with Crippen molar-refractivity contribution in [1.29, 1.82) is 0 Å². The minimum atomic E-state index is -3.83. The second kappa shape index (κ2) is 5.69. The number of ether oxygens (including phenoxy) is 1. The molecule has 8 heteroatoms. The lowest BCUT2D eigenvalue weighted by Crippen LogP contribution is -2.17. The van der Waals surface area contributed by atoms with E-state index in [1.165, 1.54) is 18.2 Å². The molecule has 0 radical (unpaired) electrons. The average molecular weight is 273 g/mol. The molecular formula is C10H15N3O4S. The average Bonchev–Trinajstić information content (AvgIpc) is 2.25. The summed E-state index contributed by atoms with van der Waals surface area (Å²) < 4.78 is 27.1. The number of carbonyl (C=O) groups is 1. The van der Waals surface area contributed by atoms with Gasteiger partial charge < -0.3 is 15.8 Å². The van der Waals surface area contributed by atoms with E-state index in [4.69, 9.17) is 15.6 Å². The Morgan fingerprint density at radius 2 is 2.06 bits per heavy atom. The molecule has 0 saturated heterocycles. The predicted molar refractivity (Wildman–Crippen MR) is 67.4 cm³/mol. The third-order valence-electron chi connectivity index (χ3n) is 2.00. The van der Waals surface area contributed by atoms with Gasteiger partial charge in [-0.3, -0.25) is 4.79 Å². The van der Waals surface area contributed by atoms with Crippen LogP contribution in [0.25, 0.3) is 0 Å². The fraction of sp³-hybridized carbons (Fsp3) is 0.300. The van der Waals surface area contributed by atoms with Crippen molar-refractivity contribution in [2.24, 2.45) is 5.14 Å². The van der Waals surface area contributed by atoms with Crippen molar-refractivity contribution in [3.05, 3.63) is 18.2 Å². The van der Waals surface area contributed by atoms with Crippen LogP contribution < -0.4 is 16.2 Å². The van der Waals surface area contributed by atoms with Gasteiger partial charge in [0.15, 0.2) is 0 Å². The van der Waals surface area contributed by atoms with Crippen LogP contribution in [0.5, 0.6) is 0 Å². The molecule has 0 aliphatic rings. The van der Waals surface area contributed by atoms with Crippen LogP contribution in [0.4, 0.5) is 11.4 Å². The van der Waals surface area contributed by atoms with Gasteiger partial charge in [0.05, 0.1) is 11.5 Å². The molecule has 0 saturated carbocycles. The molecule has 1 aromatic carbocycles. The van der Waals surface area contributed by atoms with Gasteiger partial charge in [-0.25, -0.2) is 13.6 Å². The van der Waals surface area contributed by atoms with Gasteiger partial charge in [0, 0.05) is 11.4 Å². The standard InChI is InChI=1S/C10H15N3O4S/c1-2-17-10(14)6-13-8-3-7(11)4-9(5-8)18(12,15)16/h3-5,13H,2,6,11H2,1H3,(H2,12,15,16). The smallest absolute Gasteiger partial charge is 0.325 e. The van der Waals surface area contributed by atoms with E-state index in [1.807, 2.05) is 0 Å². The van der Waals surface area contributed by atoms with Crippen molar-refractivity contribution in [3.63, 3.8) is 0 Å². The van der Waals surface area contributed by atoms with E-state index in [9.17, 15) is 13.2 Å². The lowest BCUT2D eigenvalue weighted by Gasteiger charge is -2.08. The SMILES string of the molecule is CCOC(=O)CNc1cc(N)cc(S(N)(=O)=O)c1. The summed E-state index contributed by atoms with van der Waals surface area (Å²) in [6, 6.07) is 4.03. The Bertz CT molecular complexity index is 542. The molecule has 0 spiro atoms. The van der Waals surface area contributed by atoms with E-state index in [1.54, 1.807) is 6.92 Å². The molecule has 0 aliphatic carbocycles. The van der Waals surface area contributed by atoms with Gasteiger partial charge in [-0.1, -0.05) is 0 Å². The molecule has 1 aromatic rings. The zero-order valence-corrected chi connectivity index (χ0v) is 10.7. The largest absolute Gasteiger partial charge is 0.465 e. The maximum absolute atomic E-state index is 11.2. The van der Waals surface area contributed by atoms with Crippen molar-refractivity contribution in [2.45, 2.75) is 11.8 Å². The first-order valence-corrected chi connectivity index (χ1v) is 6.70. The highest BCUT2D eigenvalue weighted by Crippen LogP contribution is 2.19. The highest BCUT2D eigenvalue weighted by Gasteiger charge is 2.10. The summed E-state index contributed by atoms with van der Waals surface area (Å²) in [6.07, 6.45) is 0. The fourth-order valence-corrected chi connectivity index (χ4v) is 1.87. The van der Waals surface area contributed by atoms with Gasteiger partial charge >= 0.3 is 5.97 Å². The van der Waals surface area contributed by atoms with Gasteiger partial charge in [0.1, 0.15) is 6.54 Å². The molecule has 7 nitrogen and oxygen atoms in total. The molecule has 0 heterocycles. The Morgan fingerprint density at radius 3 is 2.61 bits per heavy atom. The zero-order chi connectivity index (χ0) is 13.8. The van der Waals surface area contributed by atoms with E-state index in [0.717, 1.165) is 0 Å². The molecule has 0 atom stereocenters. The minimum Gasteiger partial charge on any atom is -0.465 e. The van der Waals surface area contributed by atoms with E-state index in [0.29, 0.717) is 5.69 Å². The number of esters is 1. The Labute approximate surface area is 105 Å². The number of primary sulfonamides is 1. The Balaban J connectivity index is 2.84. The number of nitrogen functional groups attached to an aromatic ring is 1. The van der Waals surface area contributed by atoms with E-state index in [-0.39, 0.29) is 23.7 Å². The quantitative estimate of drug-likeness (QED) is 0.508. The molecule has 0 bridgehead atoms. The van der Waals surface area contributed by atoms with Crippen LogP contribution >= 0.6 is 0 Å². The first kappa shape index (κ1) is 14.3. The number of hydrogen-bond acceptors (Lipinski definition) is 6. The minimum absolute atomic E-state index is 0.0820. The third kappa shape index (κ3) is 4.22. The molecule has 100 valence electrons. The van der Waals surface area contributed by atoms with Gasteiger partial charge in [0.2, 0.25) is 10.0 Å². The molecule has 18 heavy (non-hydrogen) atoms. The molecular weight excluding hydrogens is 258 g/mol. The van der Waals surface area contributed by atoms with Gasteiger partial charge in [-0.05, 0) is 25.1 Å². The summed E-state index contributed by atoms with van der Waals surface area (Å²) in [7, 11) is -3.83. The number of nitrogens with two attached hydrogens (primary N) is 2. The number of sulfonamides is 1. The Kier molecular flexibility index (Phi) is 4.51. The number of hydrogen-bond donors (Lipinski definition) is 3. The maximum Gasteiger partial charge on any atom is 0.325 e. The summed E-state index contributed by atoms with van der Waals surface area (Å²) in [6.45, 7) is 1.89. The molecule has 0 aromatic heterocycles. The van der Waals surface area contributed by atoms with Crippen molar-refractivity contribution < 1.29 is 17.9 Å². The maximum atomic E-state index is 11.2. The highest BCUT2D eigenvalue weighted by molar-refractivity contribution is 7.89. The second-order valence-corrected chi connectivity index (χ2v) is 5.06. The van der Waals surface area contributed by atoms with Crippen LogP contribution in [-0.2, 0) is 19.6 Å². The number of rotatable bonds is 5. The summed E-state index contributed by atoms with van der Waals surface area (Å²) in [5, 5.41) is 7.70. The highest BCUT2D eigenvalue weighted by atomic mass is 32.2. The molecule has 1 rings (SSSR count). The second-order valence-electron chi connectivity index (χ2n) is 3.49. The molecule has 0 unspecified atom stereocenters. The Hall–Kier alpha value is -1.80. The predicted octanol–water partition coefficient (Wildman–Crippen LogP) is -0.109. The summed E-state index contributed by atoms with van der Waals surface area (Å²) in [5.74, 6) is -0.447. The van der Waals surface area contributed by atoms with Crippen LogP contribution in [0.2, 0.25) is 0 Å². The van der Waals surface area contributed by atoms with Gasteiger partial charge in [-0.15, -0.1) is 0 Å². The molecule has 0 amide bonds. The lowest BCUT2D eigenvalue weighted by molar-refractivity contribution is -0.140. The number of benzene rings is 1. The monoisotopic (exact) mass is 273 g/mol. The molecule has 0 fully saturated rings. The topological polar surface area (TPSA) is 125 Å². The van der Waals surface area contributed by atoms with Gasteiger partial charge in [0.25, 0.3) is 0 Å². The van der Waals surface area contributed by atoms with Crippen molar-refractivity contribution >= 4 is 27.4 Å². The Morgan fingerprint density at radius 1 is 1.39 bits per heavy atom. The van der Waals surface area contributed by atoms with Crippen LogP contribution in [0.15, 0.2) is 23.1 Å². The van der Waals surface area contributed by atoms with E-state index >= 15 is 0 Å². The normalized spacial score (nSPS) is 11.0. The summed E-state index contributed by atoms with van der Waals surface area (Å²) in [4.78, 5) is 11.0. The number of carbonyl (C=O) groups excluding carboxylic acids is 1.